The van der Waals surface area contributed by atoms with Crippen LogP contribution in [0.15, 0.2) is 41.3 Å². The van der Waals surface area contributed by atoms with E-state index >= 15 is 0 Å². The third kappa shape index (κ3) is 3.17. The molecule has 1 N–H and O–H groups in total. The number of rotatable bonds is 6. The second-order valence-electron chi connectivity index (χ2n) is 7.43. The average molecular weight is 419 g/mol. The Kier molecular flexibility index (Phi) is 4.80. The first-order valence-corrected chi connectivity index (χ1v) is 10.6. The first-order chi connectivity index (χ1) is 13.7. The molecule has 2 aliphatic carbocycles. The van der Waals surface area contributed by atoms with Crippen LogP contribution >= 0.6 is 0 Å². The zero-order valence-electron chi connectivity index (χ0n) is 15.9. The van der Waals surface area contributed by atoms with Crippen molar-refractivity contribution in [3.8, 4) is 0 Å². The van der Waals surface area contributed by atoms with Gasteiger partial charge in [-0.3, -0.25) is 24.1 Å². The zero-order valence-corrected chi connectivity index (χ0v) is 16.8. The standard InChI is InChI=1S/C19H21N3O6S/c1-21(28-2)29(26,27)14-7-5-13(6-8-14)20-15(23)10-22-18(24)16-11-3-4-12(9-11)17(16)19(22)25/h3-8,11-12,16-17H,9-10H2,1-2H3,(H,20,23)/t11-,12-,16-,17+/m0/s1. The van der Waals surface area contributed by atoms with Crippen LogP contribution in [0.1, 0.15) is 6.42 Å². The summed E-state index contributed by atoms with van der Waals surface area (Å²) in [6.45, 7) is -0.351. The van der Waals surface area contributed by atoms with Crippen LogP contribution in [0.25, 0.3) is 0 Å². The molecule has 3 amide bonds. The molecular weight excluding hydrogens is 398 g/mol. The van der Waals surface area contributed by atoms with E-state index < -0.39 is 15.9 Å². The molecule has 29 heavy (non-hydrogen) atoms. The van der Waals surface area contributed by atoms with Crippen molar-refractivity contribution in [2.75, 3.05) is 26.0 Å². The number of sulfonamides is 1. The van der Waals surface area contributed by atoms with Crippen LogP contribution in [0.2, 0.25) is 0 Å². The van der Waals surface area contributed by atoms with Crippen LogP contribution in [-0.4, -0.2) is 56.2 Å². The molecule has 0 aromatic heterocycles. The fraction of sp³-hybridized carbons (Fsp3) is 0.421. The molecule has 0 spiro atoms. The quantitative estimate of drug-likeness (QED) is 0.411. The Balaban J connectivity index is 1.41. The van der Waals surface area contributed by atoms with Gasteiger partial charge in [-0.2, -0.15) is 0 Å². The van der Waals surface area contributed by atoms with E-state index in [0.29, 0.717) is 5.69 Å². The van der Waals surface area contributed by atoms with E-state index in [-0.39, 0.29) is 46.9 Å². The summed E-state index contributed by atoms with van der Waals surface area (Å²) in [4.78, 5) is 43.4. The third-order valence-electron chi connectivity index (χ3n) is 5.89. The van der Waals surface area contributed by atoms with E-state index in [2.05, 4.69) is 5.32 Å². The van der Waals surface area contributed by atoms with Gasteiger partial charge in [0.25, 0.3) is 10.0 Å². The number of hydrogen-bond acceptors (Lipinski definition) is 6. The van der Waals surface area contributed by atoms with Gasteiger partial charge in [-0.15, -0.1) is 0 Å². The summed E-state index contributed by atoms with van der Waals surface area (Å²) in [7, 11) is -1.28. The van der Waals surface area contributed by atoms with E-state index in [4.69, 9.17) is 4.84 Å². The van der Waals surface area contributed by atoms with Gasteiger partial charge in [-0.25, -0.2) is 8.42 Å². The van der Waals surface area contributed by atoms with E-state index in [1.165, 1.54) is 38.4 Å². The Labute approximate surface area is 168 Å². The fourth-order valence-corrected chi connectivity index (χ4v) is 5.39. The Morgan fingerprint density at radius 3 is 2.21 bits per heavy atom. The molecule has 1 aromatic carbocycles. The Morgan fingerprint density at radius 1 is 1.14 bits per heavy atom. The number of carbonyl (C=O) groups excluding carboxylic acids is 3. The molecule has 3 aliphatic rings. The van der Waals surface area contributed by atoms with Gasteiger partial charge in [0.15, 0.2) is 0 Å². The number of fused-ring (bicyclic) bond motifs is 5. The largest absolute Gasteiger partial charge is 0.325 e. The zero-order chi connectivity index (χ0) is 20.9. The van der Waals surface area contributed by atoms with Crippen molar-refractivity contribution in [1.29, 1.82) is 0 Å². The molecule has 154 valence electrons. The van der Waals surface area contributed by atoms with Crippen LogP contribution in [0.4, 0.5) is 5.69 Å². The highest BCUT2D eigenvalue weighted by molar-refractivity contribution is 7.89. The molecule has 1 aliphatic heterocycles. The van der Waals surface area contributed by atoms with Crippen LogP contribution in [0.3, 0.4) is 0 Å². The van der Waals surface area contributed by atoms with Crippen LogP contribution < -0.4 is 5.32 Å². The van der Waals surface area contributed by atoms with E-state index in [9.17, 15) is 22.8 Å². The molecule has 0 unspecified atom stereocenters. The summed E-state index contributed by atoms with van der Waals surface area (Å²) < 4.78 is 25.1. The van der Waals surface area contributed by atoms with Crippen molar-refractivity contribution < 1.29 is 27.6 Å². The lowest BCUT2D eigenvalue weighted by molar-refractivity contribution is -0.143. The highest BCUT2D eigenvalue weighted by atomic mass is 32.2. The van der Waals surface area contributed by atoms with E-state index in [0.717, 1.165) is 15.8 Å². The number of nitrogens with one attached hydrogen (secondary N) is 1. The Morgan fingerprint density at radius 2 is 1.69 bits per heavy atom. The number of benzene rings is 1. The normalized spacial score (nSPS) is 27.8. The minimum atomic E-state index is -3.79. The van der Waals surface area contributed by atoms with E-state index in [1.807, 2.05) is 12.2 Å². The number of nitrogens with zero attached hydrogens (tertiary/aromatic N) is 2. The number of likely N-dealkylation sites (tertiary alicyclic amines) is 1. The van der Waals surface area contributed by atoms with Gasteiger partial charge in [0, 0.05) is 12.7 Å². The summed E-state index contributed by atoms with van der Waals surface area (Å²) in [5.74, 6) is -1.58. The molecule has 10 heteroatoms. The second kappa shape index (κ2) is 7.05. The summed E-state index contributed by atoms with van der Waals surface area (Å²) in [6, 6.07) is 5.53. The first kappa shape index (κ1) is 19.7. The predicted molar refractivity (Wildman–Crippen MR) is 101 cm³/mol. The molecule has 2 fully saturated rings. The number of anilines is 1. The molecule has 9 nitrogen and oxygen atoms in total. The molecule has 0 radical (unpaired) electrons. The van der Waals surface area contributed by atoms with Gasteiger partial charge in [0.1, 0.15) is 6.54 Å². The lowest BCUT2D eigenvalue weighted by Gasteiger charge is -2.17. The van der Waals surface area contributed by atoms with Crippen molar-refractivity contribution in [3.05, 3.63) is 36.4 Å². The van der Waals surface area contributed by atoms with Gasteiger partial charge in [-0.1, -0.05) is 16.6 Å². The van der Waals surface area contributed by atoms with Crippen molar-refractivity contribution in [2.24, 2.45) is 23.7 Å². The molecule has 4 atom stereocenters. The van der Waals surface area contributed by atoms with Crippen molar-refractivity contribution >= 4 is 33.4 Å². The highest BCUT2D eigenvalue weighted by Gasteiger charge is 2.59. The van der Waals surface area contributed by atoms with Crippen molar-refractivity contribution in [3.63, 3.8) is 0 Å². The lowest BCUT2D eigenvalue weighted by Crippen LogP contribution is -2.39. The summed E-state index contributed by atoms with van der Waals surface area (Å²) in [6.07, 6.45) is 4.83. The molecular formula is C19H21N3O6S. The van der Waals surface area contributed by atoms with Gasteiger partial charge in [0.05, 0.1) is 23.8 Å². The first-order valence-electron chi connectivity index (χ1n) is 9.20. The topological polar surface area (TPSA) is 113 Å². The number of amides is 3. The van der Waals surface area contributed by atoms with Gasteiger partial charge in [-0.05, 0) is 42.5 Å². The maximum absolute atomic E-state index is 12.6. The monoisotopic (exact) mass is 419 g/mol. The predicted octanol–water partition coefficient (Wildman–Crippen LogP) is 0.614. The molecule has 1 saturated carbocycles. The second-order valence-corrected chi connectivity index (χ2v) is 9.37. The fourth-order valence-electron chi connectivity index (χ4n) is 4.42. The van der Waals surface area contributed by atoms with Crippen molar-refractivity contribution in [2.45, 2.75) is 11.3 Å². The SMILES string of the molecule is CON(C)S(=O)(=O)c1ccc(NC(=O)CN2C(=O)[C@@H]3[C@H](C2=O)[C@H]2C=C[C@H]3C2)cc1. The Bertz CT molecular complexity index is 973. The molecule has 1 heterocycles. The lowest BCUT2D eigenvalue weighted by atomic mass is 9.85. The maximum Gasteiger partial charge on any atom is 0.264 e. The number of hydroxylamine groups is 1. The van der Waals surface area contributed by atoms with Crippen LogP contribution in [-0.2, 0) is 29.2 Å². The maximum atomic E-state index is 12.6. The summed E-state index contributed by atoms with van der Waals surface area (Å²) in [5.41, 5.74) is 0.357. The highest BCUT2D eigenvalue weighted by Crippen LogP contribution is 2.52. The summed E-state index contributed by atoms with van der Waals surface area (Å²) >= 11 is 0. The molecule has 1 aromatic rings. The summed E-state index contributed by atoms with van der Waals surface area (Å²) in [5, 5.41) is 2.60. The van der Waals surface area contributed by atoms with Gasteiger partial charge >= 0.3 is 0 Å². The van der Waals surface area contributed by atoms with Gasteiger partial charge in [0.2, 0.25) is 17.7 Å². The smallest absolute Gasteiger partial charge is 0.264 e. The third-order valence-corrected chi connectivity index (χ3v) is 7.59. The number of carbonyl (C=O) groups is 3. The Hall–Kier alpha value is -2.56. The van der Waals surface area contributed by atoms with Crippen LogP contribution in [0, 0.1) is 23.7 Å². The number of hydrogen-bond donors (Lipinski definition) is 1. The average Bonchev–Trinajstić information content (AvgIpc) is 3.38. The molecule has 2 bridgehead atoms. The molecule has 1 saturated heterocycles. The number of imide groups is 1. The minimum Gasteiger partial charge on any atom is -0.325 e. The van der Waals surface area contributed by atoms with Gasteiger partial charge < -0.3 is 5.32 Å². The van der Waals surface area contributed by atoms with Crippen LogP contribution in [0.5, 0.6) is 0 Å². The number of allylic oxidation sites excluding steroid dienone is 2. The minimum absolute atomic E-state index is 0.000507. The van der Waals surface area contributed by atoms with Crippen molar-refractivity contribution in [1.82, 2.24) is 9.37 Å². The molecule has 4 rings (SSSR count). The van der Waals surface area contributed by atoms with E-state index in [1.54, 1.807) is 0 Å².